The van der Waals surface area contributed by atoms with Gasteiger partial charge in [-0.3, -0.25) is 0 Å². The predicted octanol–water partition coefficient (Wildman–Crippen LogP) is 2.15. The summed E-state index contributed by atoms with van der Waals surface area (Å²) in [7, 11) is 1.44. The van der Waals surface area contributed by atoms with Crippen molar-refractivity contribution in [3.05, 3.63) is 29.6 Å². The molecular weight excluding hydrogens is 195 g/mol. The smallest absolute Gasteiger partial charge is 0.168 e. The molecule has 0 spiro atoms. The van der Waals surface area contributed by atoms with Crippen molar-refractivity contribution in [1.29, 1.82) is 0 Å². The lowest BCUT2D eigenvalue weighted by molar-refractivity contribution is 0.150. The van der Waals surface area contributed by atoms with Crippen molar-refractivity contribution in [3.63, 3.8) is 0 Å². The van der Waals surface area contributed by atoms with E-state index < -0.39 is 6.10 Å². The van der Waals surface area contributed by atoms with Crippen molar-refractivity contribution in [2.24, 2.45) is 5.92 Å². The van der Waals surface area contributed by atoms with Gasteiger partial charge in [0.1, 0.15) is 0 Å². The lowest BCUT2D eigenvalue weighted by Crippen LogP contribution is -2.13. The first kappa shape index (κ1) is 10.4. The van der Waals surface area contributed by atoms with Crippen LogP contribution in [0.3, 0.4) is 0 Å². The lowest BCUT2D eigenvalue weighted by Gasteiger charge is -2.11. The molecule has 1 aromatic rings. The van der Waals surface area contributed by atoms with E-state index in [1.54, 1.807) is 18.2 Å². The minimum atomic E-state index is -0.411. The van der Waals surface area contributed by atoms with Crippen LogP contribution in [0.5, 0.6) is 5.75 Å². The molecule has 0 amide bonds. The molecule has 0 aromatic heterocycles. The molecule has 1 aliphatic carbocycles. The highest BCUT2D eigenvalue weighted by Gasteiger charge is 2.30. The summed E-state index contributed by atoms with van der Waals surface area (Å²) in [5.74, 6) is 0.269. The summed E-state index contributed by atoms with van der Waals surface area (Å²) in [6.45, 7) is 0. The van der Waals surface area contributed by atoms with Gasteiger partial charge in [-0.2, -0.15) is 0 Å². The van der Waals surface area contributed by atoms with Gasteiger partial charge in [0.15, 0.2) is 11.6 Å². The van der Waals surface area contributed by atoms with E-state index in [9.17, 15) is 9.50 Å². The summed E-state index contributed by atoms with van der Waals surface area (Å²) in [6.07, 6.45) is 2.10. The van der Waals surface area contributed by atoms with E-state index in [1.165, 1.54) is 7.11 Å². The Morgan fingerprint density at radius 3 is 2.87 bits per heavy atom. The number of aliphatic hydroxyl groups excluding tert-OH is 1. The van der Waals surface area contributed by atoms with Crippen molar-refractivity contribution in [3.8, 4) is 5.75 Å². The van der Waals surface area contributed by atoms with E-state index in [4.69, 9.17) is 4.74 Å². The molecule has 1 unspecified atom stereocenters. The van der Waals surface area contributed by atoms with Crippen LogP contribution < -0.4 is 4.74 Å². The molecule has 3 heteroatoms. The fraction of sp³-hybridized carbons (Fsp3) is 0.500. The number of rotatable bonds is 4. The Balaban J connectivity index is 2.12. The van der Waals surface area contributed by atoms with Gasteiger partial charge in [0.25, 0.3) is 0 Å². The average Bonchev–Trinajstić information content (AvgIpc) is 3.04. The summed E-state index contributed by atoms with van der Waals surface area (Å²) in [5.41, 5.74) is 0.536. The largest absolute Gasteiger partial charge is 0.494 e. The molecule has 0 radical (unpaired) electrons. The Labute approximate surface area is 88.7 Å². The average molecular weight is 210 g/mol. The van der Waals surface area contributed by atoms with Gasteiger partial charge in [0, 0.05) is 6.42 Å². The van der Waals surface area contributed by atoms with Gasteiger partial charge in [-0.15, -0.1) is 0 Å². The zero-order chi connectivity index (χ0) is 10.8. The third-order valence-corrected chi connectivity index (χ3v) is 2.86. The molecule has 1 N–H and O–H groups in total. The van der Waals surface area contributed by atoms with Crippen LogP contribution in [0.4, 0.5) is 4.39 Å². The Morgan fingerprint density at radius 1 is 1.53 bits per heavy atom. The molecule has 2 rings (SSSR count). The molecule has 1 saturated carbocycles. The van der Waals surface area contributed by atoms with Crippen LogP contribution in [-0.2, 0) is 6.42 Å². The fourth-order valence-corrected chi connectivity index (χ4v) is 1.74. The van der Waals surface area contributed by atoms with Crippen LogP contribution in [0, 0.1) is 11.7 Å². The van der Waals surface area contributed by atoms with Crippen LogP contribution in [0.2, 0.25) is 0 Å². The quantitative estimate of drug-likeness (QED) is 0.825. The second-order valence-corrected chi connectivity index (χ2v) is 4.04. The van der Waals surface area contributed by atoms with Crippen LogP contribution >= 0.6 is 0 Å². The fourth-order valence-electron chi connectivity index (χ4n) is 1.74. The highest BCUT2D eigenvalue weighted by Crippen LogP contribution is 2.34. The zero-order valence-corrected chi connectivity index (χ0v) is 8.74. The van der Waals surface area contributed by atoms with Crippen molar-refractivity contribution >= 4 is 0 Å². The molecule has 15 heavy (non-hydrogen) atoms. The van der Waals surface area contributed by atoms with E-state index in [2.05, 4.69) is 0 Å². The number of hydrogen-bond acceptors (Lipinski definition) is 2. The van der Waals surface area contributed by atoms with Gasteiger partial charge in [0.05, 0.1) is 13.2 Å². The second-order valence-electron chi connectivity index (χ2n) is 4.04. The molecule has 1 atom stereocenters. The van der Waals surface area contributed by atoms with Gasteiger partial charge >= 0.3 is 0 Å². The van der Waals surface area contributed by atoms with Gasteiger partial charge < -0.3 is 9.84 Å². The highest BCUT2D eigenvalue weighted by molar-refractivity contribution is 5.31. The number of benzene rings is 1. The highest BCUT2D eigenvalue weighted by atomic mass is 19.1. The third kappa shape index (κ3) is 2.29. The van der Waals surface area contributed by atoms with Crippen molar-refractivity contribution in [2.45, 2.75) is 25.4 Å². The molecule has 1 fully saturated rings. The number of methoxy groups -OCH3 is 1. The molecule has 2 nitrogen and oxygen atoms in total. The Hall–Kier alpha value is -1.09. The van der Waals surface area contributed by atoms with Gasteiger partial charge in [-0.1, -0.05) is 12.1 Å². The van der Waals surface area contributed by atoms with E-state index >= 15 is 0 Å². The molecule has 1 aliphatic rings. The lowest BCUT2D eigenvalue weighted by atomic mass is 10.0. The summed E-state index contributed by atoms with van der Waals surface area (Å²) in [4.78, 5) is 0. The number of halogens is 1. The Morgan fingerprint density at radius 2 is 2.27 bits per heavy atom. The topological polar surface area (TPSA) is 29.5 Å². The molecule has 0 heterocycles. The molecule has 1 aromatic carbocycles. The van der Waals surface area contributed by atoms with E-state index in [0.29, 0.717) is 17.9 Å². The first-order valence-electron chi connectivity index (χ1n) is 5.22. The summed E-state index contributed by atoms with van der Waals surface area (Å²) >= 11 is 0. The third-order valence-electron chi connectivity index (χ3n) is 2.86. The molecule has 0 bridgehead atoms. The maximum Gasteiger partial charge on any atom is 0.168 e. The first-order chi connectivity index (χ1) is 7.22. The minimum Gasteiger partial charge on any atom is -0.494 e. The SMILES string of the molecule is COc1cccc(CC(O)C2CC2)c1F. The molecule has 82 valence electrons. The van der Waals surface area contributed by atoms with E-state index in [-0.39, 0.29) is 11.6 Å². The second kappa shape index (κ2) is 4.19. The number of hydrogen-bond donors (Lipinski definition) is 1. The van der Waals surface area contributed by atoms with Crippen molar-refractivity contribution < 1.29 is 14.2 Å². The Kier molecular flexibility index (Phi) is 2.91. The van der Waals surface area contributed by atoms with E-state index in [0.717, 1.165) is 12.8 Å². The summed E-state index contributed by atoms with van der Waals surface area (Å²) < 4.78 is 18.6. The summed E-state index contributed by atoms with van der Waals surface area (Å²) in [5, 5.41) is 9.72. The van der Waals surface area contributed by atoms with Crippen LogP contribution in [0.15, 0.2) is 18.2 Å². The van der Waals surface area contributed by atoms with Crippen LogP contribution in [0.25, 0.3) is 0 Å². The maximum absolute atomic E-state index is 13.7. The standard InChI is InChI=1S/C12H15FO2/c1-15-11-4-2-3-9(12(11)13)7-10(14)8-5-6-8/h2-4,8,10,14H,5-7H2,1H3. The van der Waals surface area contributed by atoms with Crippen molar-refractivity contribution in [1.82, 2.24) is 0 Å². The molecule has 0 saturated heterocycles. The zero-order valence-electron chi connectivity index (χ0n) is 8.74. The van der Waals surface area contributed by atoms with Gasteiger partial charge in [-0.05, 0) is 30.4 Å². The van der Waals surface area contributed by atoms with Gasteiger partial charge in [-0.25, -0.2) is 4.39 Å². The van der Waals surface area contributed by atoms with E-state index in [1.807, 2.05) is 0 Å². The van der Waals surface area contributed by atoms with Gasteiger partial charge in [0.2, 0.25) is 0 Å². The monoisotopic (exact) mass is 210 g/mol. The number of aliphatic hydroxyl groups is 1. The minimum absolute atomic E-state index is 0.246. The predicted molar refractivity (Wildman–Crippen MR) is 55.4 cm³/mol. The normalized spacial score (nSPS) is 17.5. The Bertz CT molecular complexity index is 347. The van der Waals surface area contributed by atoms with Crippen LogP contribution in [0.1, 0.15) is 18.4 Å². The molecular formula is C12H15FO2. The molecule has 0 aliphatic heterocycles. The van der Waals surface area contributed by atoms with Crippen LogP contribution in [-0.4, -0.2) is 18.3 Å². The van der Waals surface area contributed by atoms with Crippen molar-refractivity contribution in [2.75, 3.05) is 7.11 Å². The first-order valence-corrected chi connectivity index (χ1v) is 5.22. The summed E-state index contributed by atoms with van der Waals surface area (Å²) in [6, 6.07) is 5.03. The number of ether oxygens (including phenoxy) is 1. The maximum atomic E-state index is 13.7.